The molecule has 0 spiro atoms. The Morgan fingerprint density at radius 2 is 1.29 bits per heavy atom. The van der Waals surface area contributed by atoms with Gasteiger partial charge in [0, 0.05) is 44.1 Å². The smallest absolute Gasteiger partial charge is 0.305 e. The lowest BCUT2D eigenvalue weighted by molar-refractivity contribution is -0.143. The van der Waals surface area contributed by atoms with Crippen LogP contribution in [0.5, 0.6) is 11.5 Å². The summed E-state index contributed by atoms with van der Waals surface area (Å²) in [5.74, 6) is -12.9. The van der Waals surface area contributed by atoms with Crippen molar-refractivity contribution in [1.29, 1.82) is 0 Å². The number of tetrazole rings is 1. The molecule has 0 saturated heterocycles. The molecule has 6 rings (SSSR count). The summed E-state index contributed by atoms with van der Waals surface area (Å²) in [5.41, 5.74) is 11.9. The number of aromatic nitrogens is 6. The molecule has 6 aromatic rings. The molecule has 36 heteroatoms. The van der Waals surface area contributed by atoms with Crippen molar-refractivity contribution in [3.8, 4) is 22.6 Å². The van der Waals surface area contributed by atoms with Crippen molar-refractivity contribution in [2.45, 2.75) is 179 Å². The number of amides is 11. The predicted octanol–water partition coefficient (Wildman–Crippen LogP) is -1.02. The van der Waals surface area contributed by atoms with E-state index in [4.69, 9.17) is 20.9 Å². The number of aliphatic carboxylic acids is 1. The molecule has 0 aliphatic rings. The number of H-pyrrole nitrogens is 2. The number of nitrogens with two attached hydrogens (primary N) is 2. The molecule has 35 nitrogen and oxygen atoms in total. The minimum Gasteiger partial charge on any atom is -0.497 e. The first kappa shape index (κ1) is 87.1. The van der Waals surface area contributed by atoms with Gasteiger partial charge in [-0.3, -0.25) is 57.5 Å². The van der Waals surface area contributed by atoms with Crippen molar-refractivity contribution in [3.63, 3.8) is 0 Å². The Kier molecular flexibility index (Phi) is 33.3. The van der Waals surface area contributed by atoms with Gasteiger partial charge >= 0.3 is 5.97 Å². The van der Waals surface area contributed by atoms with Crippen molar-refractivity contribution < 1.29 is 86.7 Å². The summed E-state index contributed by atoms with van der Waals surface area (Å²) in [6.07, 6.45) is 0.576. The molecular weight excluding hydrogens is 1430 g/mol. The second kappa shape index (κ2) is 42.1. The first-order valence-electron chi connectivity index (χ1n) is 35.7. The number of unbranched alkanes of at least 4 members (excludes halogenated alkanes) is 1. The molecule has 2 heterocycles. The number of carbonyl (C=O) groups is 12. The van der Waals surface area contributed by atoms with Crippen molar-refractivity contribution in [1.82, 2.24) is 83.8 Å². The molecule has 0 saturated carbocycles. The van der Waals surface area contributed by atoms with E-state index in [1.54, 1.807) is 37.6 Å². The molecule has 0 fully saturated rings. The fourth-order valence-electron chi connectivity index (χ4n) is 11.4. The number of aromatic amines is 2. The summed E-state index contributed by atoms with van der Waals surface area (Å²) in [4.78, 5) is 173. The van der Waals surface area contributed by atoms with Crippen LogP contribution in [0.25, 0.3) is 11.1 Å². The summed E-state index contributed by atoms with van der Waals surface area (Å²) < 4.78 is 26.7. The van der Waals surface area contributed by atoms with Crippen LogP contribution in [0.2, 0.25) is 0 Å². The number of nitrogens with zero attached hydrogens (tertiary/aromatic N) is 4. The number of rotatable bonds is 45. The van der Waals surface area contributed by atoms with Gasteiger partial charge in [0.05, 0.1) is 45.2 Å². The van der Waals surface area contributed by atoms with Gasteiger partial charge in [-0.05, 0) is 150 Å². The topological polar surface area (TPSA) is 539 Å². The number of aryl methyl sites for hydroxylation is 2. The third kappa shape index (κ3) is 26.6. The molecule has 594 valence electrons. The number of primary amides is 1. The largest absolute Gasteiger partial charge is 0.497 e. The average Bonchev–Trinajstić information content (AvgIpc) is 0.875. The summed E-state index contributed by atoms with van der Waals surface area (Å²) >= 11 is 0. The number of aliphatic hydroxyl groups excluding tert-OH is 2. The van der Waals surface area contributed by atoms with Crippen molar-refractivity contribution >= 4 is 70.9 Å². The number of methoxy groups -OCH3 is 1. The third-order valence-electron chi connectivity index (χ3n) is 17.9. The maximum Gasteiger partial charge on any atom is 0.305 e. The number of nitrogens with one attached hydrogen (secondary N) is 12. The molecule has 10 atom stereocenters. The fraction of sp³-hybridized carbons (Fsp3) is 0.459. The normalized spacial score (nSPS) is 14.3. The van der Waals surface area contributed by atoms with Gasteiger partial charge in [0.25, 0.3) is 0 Å². The van der Waals surface area contributed by atoms with Gasteiger partial charge in [0.2, 0.25) is 65.0 Å². The van der Waals surface area contributed by atoms with Crippen molar-refractivity contribution in [2.75, 3.05) is 33.4 Å². The van der Waals surface area contributed by atoms with E-state index in [0.29, 0.717) is 61.6 Å². The summed E-state index contributed by atoms with van der Waals surface area (Å²) in [6.45, 7) is 9.24. The zero-order chi connectivity index (χ0) is 80.8. The van der Waals surface area contributed by atoms with Gasteiger partial charge < -0.3 is 94.4 Å². The van der Waals surface area contributed by atoms with Crippen molar-refractivity contribution in [3.05, 3.63) is 143 Å². The molecule has 0 unspecified atom stereocenters. The van der Waals surface area contributed by atoms with Crippen LogP contribution in [0.4, 0.5) is 4.39 Å². The zero-order valence-electron chi connectivity index (χ0n) is 62.5. The lowest BCUT2D eigenvalue weighted by atomic mass is 9.90. The van der Waals surface area contributed by atoms with E-state index in [1.165, 1.54) is 38.4 Å². The fourth-order valence-corrected chi connectivity index (χ4v) is 11.4. The van der Waals surface area contributed by atoms with Crippen LogP contribution in [0.1, 0.15) is 114 Å². The summed E-state index contributed by atoms with van der Waals surface area (Å²) in [6, 6.07) is 13.1. The van der Waals surface area contributed by atoms with E-state index >= 15 is 4.39 Å². The number of benzene rings is 4. The van der Waals surface area contributed by atoms with Gasteiger partial charge in [-0.15, -0.1) is 10.2 Å². The van der Waals surface area contributed by atoms with Crippen LogP contribution in [0, 0.1) is 11.2 Å². The first-order valence-corrected chi connectivity index (χ1v) is 35.7. The highest BCUT2D eigenvalue weighted by molar-refractivity contribution is 6.06. The molecule has 2 aromatic heterocycles. The highest BCUT2D eigenvalue weighted by Crippen LogP contribution is 2.29. The lowest BCUT2D eigenvalue weighted by Crippen LogP contribution is -2.66. The third-order valence-corrected chi connectivity index (χ3v) is 17.9. The number of hydrogen-bond acceptors (Lipinski definition) is 21. The molecule has 0 bridgehead atoms. The minimum atomic E-state index is -2.35. The van der Waals surface area contributed by atoms with Crippen LogP contribution < -0.4 is 74.1 Å². The Balaban J connectivity index is 1.15. The van der Waals surface area contributed by atoms with Crippen LogP contribution >= 0.6 is 0 Å². The number of halogens is 1. The Hall–Kier alpha value is -11.8. The molecule has 110 heavy (non-hydrogen) atoms. The first-order chi connectivity index (χ1) is 52.2. The molecule has 0 aliphatic heterocycles. The number of hydrogen-bond donors (Lipinski definition) is 17. The SMILES string of the molecule is CCc1cc(OC)ccc1-c1ccc(C[C@H](NC(=O)[C@H](CC(=O)O)NC(=O)[C@H](C)NC(=O)[C@@H](NC(=O)[C@](C)(Cc2ccccc2F)NC(=O)[C@@H](NC(=O)CNC(=O)[C@H](Cc2nn[nH]n2)NC(=O)C(C)(C)C(=O)NCCc2cnc[nH]2)[C@@H](C)O)[C@@H](C)O)C(=O)N[C@@H](CCCc2ccc(OCCCCN)cc2)C(N)=O)cc1. The number of carboxylic acids is 1. The molecule has 0 aliphatic carbocycles. The van der Waals surface area contributed by atoms with Crippen LogP contribution in [0.3, 0.4) is 0 Å². The number of carboxylic acid groups (broad SMARTS) is 1. The number of ether oxygens (including phenoxy) is 2. The highest BCUT2D eigenvalue weighted by atomic mass is 19.1. The predicted molar refractivity (Wildman–Crippen MR) is 395 cm³/mol. The molecular formula is C74H99FN18O17. The minimum absolute atomic E-state index is 0.0571. The Morgan fingerprint density at radius 1 is 0.645 bits per heavy atom. The van der Waals surface area contributed by atoms with E-state index < -0.39 is 168 Å². The Labute approximate surface area is 634 Å². The van der Waals surface area contributed by atoms with Gasteiger partial charge in [-0.1, -0.05) is 72.8 Å². The van der Waals surface area contributed by atoms with E-state index in [-0.39, 0.29) is 30.8 Å². The standard InChI is InChI=1S/C74H99FN18O17/c1-9-46-34-51(109-8)27-28-52(46)47-23-19-45(20-24-47)33-55(66(102)83-54(63(77)99)18-14-15-44-21-25-50(26-22-44)110-32-13-12-30-76)85-67(103)57(36-60(97)98)84-64(100)41(2)82-68(104)61(42(3)94)88-72(108)74(7,37-48-16-10-11-17-53(48)75)89-69(105)62(43(4)95)87-59(96)39-80-65(101)56(35-58-90-92-93-91-58)86-71(107)73(5,6)70(106)79-31-29-49-38-78-40-81-49/h10-11,16-17,19-28,34,38,40-43,54-57,61-62,94-95H,9,12-15,18,29-33,35-37,39,76H2,1-8H3,(H2,77,99)(H,78,81)(H,79,106)(H,80,101)(H,82,104)(H,83,102)(H,84,100)(H,85,103)(H,86,107)(H,87,96)(H,88,108)(H,89,105)(H,97,98)(H,90,91,92,93)/t41-,42+,43+,54-,55-,56-,57-,61-,62-,74-/m0/s1. The number of carbonyl (C=O) groups excluding carboxylic acids is 11. The van der Waals surface area contributed by atoms with Gasteiger partial charge in [0.1, 0.15) is 70.6 Å². The highest BCUT2D eigenvalue weighted by Gasteiger charge is 2.43. The molecule has 11 amide bonds. The second-order valence-electron chi connectivity index (χ2n) is 27.1. The monoisotopic (exact) mass is 1530 g/mol. The van der Waals surface area contributed by atoms with Crippen LogP contribution in [-0.2, 0) is 96.1 Å². The number of aliphatic hydroxyl groups is 2. The van der Waals surface area contributed by atoms with Gasteiger partial charge in [0.15, 0.2) is 5.82 Å². The van der Waals surface area contributed by atoms with Gasteiger partial charge in [-0.25, -0.2) is 9.37 Å². The lowest BCUT2D eigenvalue weighted by Gasteiger charge is -2.34. The van der Waals surface area contributed by atoms with E-state index in [1.807, 2.05) is 49.4 Å². The molecule has 19 N–H and O–H groups in total. The van der Waals surface area contributed by atoms with Crippen LogP contribution in [0.15, 0.2) is 104 Å². The maximum atomic E-state index is 15.5. The Bertz CT molecular complexity index is 4110. The number of imidazole rings is 1. The summed E-state index contributed by atoms with van der Waals surface area (Å²) in [5, 5.41) is 69.6. The molecule has 0 radical (unpaired) electrons. The quantitative estimate of drug-likeness (QED) is 0.0161. The maximum absolute atomic E-state index is 15.5. The van der Waals surface area contributed by atoms with E-state index in [2.05, 4.69) is 83.8 Å². The van der Waals surface area contributed by atoms with Gasteiger partial charge in [-0.2, -0.15) is 5.21 Å². The average molecular weight is 1530 g/mol. The molecule has 4 aromatic carbocycles. The van der Waals surface area contributed by atoms with E-state index in [9.17, 15) is 72.9 Å². The zero-order valence-corrected chi connectivity index (χ0v) is 62.5. The van der Waals surface area contributed by atoms with Crippen LogP contribution in [-0.4, -0.2) is 210 Å². The van der Waals surface area contributed by atoms with E-state index in [0.717, 1.165) is 68.9 Å². The Morgan fingerprint density at radius 3 is 1.91 bits per heavy atom. The van der Waals surface area contributed by atoms with Crippen molar-refractivity contribution in [2.24, 2.45) is 16.9 Å². The summed E-state index contributed by atoms with van der Waals surface area (Å²) in [7, 11) is 1.56. The second-order valence-corrected chi connectivity index (χ2v) is 27.1.